The van der Waals surface area contributed by atoms with Crippen molar-refractivity contribution in [1.29, 1.82) is 0 Å². The van der Waals surface area contributed by atoms with Gasteiger partial charge in [0.15, 0.2) is 0 Å². The number of carbonyl (C=O) groups excluding carboxylic acids is 1. The van der Waals surface area contributed by atoms with Crippen molar-refractivity contribution < 1.29 is 18.0 Å². The van der Waals surface area contributed by atoms with Gasteiger partial charge in [0, 0.05) is 0 Å². The van der Waals surface area contributed by atoms with E-state index in [9.17, 15) is 18.0 Å². The van der Waals surface area contributed by atoms with Crippen LogP contribution < -0.4 is 5.32 Å². The quantitative estimate of drug-likeness (QED) is 0.806. The zero-order valence-electron chi connectivity index (χ0n) is 8.81. The second kappa shape index (κ2) is 5.23. The van der Waals surface area contributed by atoms with E-state index in [1.165, 1.54) is 12.2 Å². The minimum absolute atomic E-state index is 0.0517. The van der Waals surface area contributed by atoms with Crippen molar-refractivity contribution >= 4 is 23.2 Å². The van der Waals surface area contributed by atoms with Crippen LogP contribution in [0.2, 0.25) is 5.02 Å². The molecule has 6 heteroatoms. The van der Waals surface area contributed by atoms with Crippen LogP contribution in [-0.4, -0.2) is 5.91 Å². The Hall–Kier alpha value is -1.49. The zero-order chi connectivity index (χ0) is 13.1. The summed E-state index contributed by atoms with van der Waals surface area (Å²) in [7, 11) is 0. The minimum Gasteiger partial charge on any atom is -0.321 e. The standard InChI is InChI=1S/C11H9ClF3NO/c1-2-3-10(17)16-9-6-7(11(13,14)15)4-5-8(9)12/h2-6H,1H3,(H,16,17)/b3-2+. The van der Waals surface area contributed by atoms with Gasteiger partial charge in [-0.25, -0.2) is 0 Å². The largest absolute Gasteiger partial charge is 0.416 e. The van der Waals surface area contributed by atoms with Gasteiger partial charge in [-0.05, 0) is 31.2 Å². The number of benzene rings is 1. The SMILES string of the molecule is C/C=C/C(=O)Nc1cc(C(F)(F)F)ccc1Cl. The van der Waals surface area contributed by atoms with Gasteiger partial charge in [-0.3, -0.25) is 4.79 Å². The summed E-state index contributed by atoms with van der Waals surface area (Å²) >= 11 is 5.68. The molecule has 92 valence electrons. The average Bonchev–Trinajstić information content (AvgIpc) is 2.20. The number of alkyl halides is 3. The fraction of sp³-hybridized carbons (Fsp3) is 0.182. The van der Waals surface area contributed by atoms with E-state index in [0.717, 1.165) is 18.2 Å². The maximum absolute atomic E-state index is 12.4. The van der Waals surface area contributed by atoms with Crippen molar-refractivity contribution in [2.45, 2.75) is 13.1 Å². The number of anilines is 1. The lowest BCUT2D eigenvalue weighted by Gasteiger charge is -2.10. The molecule has 0 spiro atoms. The van der Waals surface area contributed by atoms with E-state index in [1.54, 1.807) is 6.92 Å². The summed E-state index contributed by atoms with van der Waals surface area (Å²) < 4.78 is 37.2. The first-order valence-electron chi connectivity index (χ1n) is 4.65. The Morgan fingerprint density at radius 3 is 2.59 bits per heavy atom. The molecule has 0 bridgehead atoms. The van der Waals surface area contributed by atoms with Gasteiger partial charge in [0.1, 0.15) is 0 Å². The molecule has 0 aliphatic carbocycles. The van der Waals surface area contributed by atoms with Gasteiger partial charge in [0.2, 0.25) is 5.91 Å². The topological polar surface area (TPSA) is 29.1 Å². The molecule has 0 unspecified atom stereocenters. The smallest absolute Gasteiger partial charge is 0.321 e. The van der Waals surface area contributed by atoms with Crippen LogP contribution in [0.25, 0.3) is 0 Å². The molecule has 1 rings (SSSR count). The van der Waals surface area contributed by atoms with Gasteiger partial charge < -0.3 is 5.32 Å². The Morgan fingerprint density at radius 2 is 2.06 bits per heavy atom. The highest BCUT2D eigenvalue weighted by Crippen LogP contribution is 2.33. The Labute approximate surface area is 101 Å². The van der Waals surface area contributed by atoms with E-state index in [4.69, 9.17) is 11.6 Å². The number of hydrogen-bond donors (Lipinski definition) is 1. The molecule has 0 atom stereocenters. The molecule has 1 aromatic rings. The molecule has 0 saturated carbocycles. The summed E-state index contributed by atoms with van der Waals surface area (Å²) in [5, 5.41) is 2.32. The van der Waals surface area contributed by atoms with Crippen LogP contribution in [0, 0.1) is 0 Å². The maximum atomic E-state index is 12.4. The van der Waals surface area contributed by atoms with E-state index in [2.05, 4.69) is 5.32 Å². The molecule has 0 aliphatic rings. The number of hydrogen-bond acceptors (Lipinski definition) is 1. The summed E-state index contributed by atoms with van der Waals surface area (Å²) in [6, 6.07) is 2.74. The van der Waals surface area contributed by atoms with Crippen molar-refractivity contribution in [2.24, 2.45) is 0 Å². The first-order chi connectivity index (χ1) is 7.84. The van der Waals surface area contributed by atoms with Crippen LogP contribution >= 0.6 is 11.6 Å². The van der Waals surface area contributed by atoms with Crippen molar-refractivity contribution in [3.8, 4) is 0 Å². The molecule has 0 radical (unpaired) electrons. The average molecular weight is 264 g/mol. The molecule has 1 aromatic carbocycles. The number of amides is 1. The van der Waals surface area contributed by atoms with E-state index in [1.807, 2.05) is 0 Å². The molecule has 1 N–H and O–H groups in total. The molecule has 0 fully saturated rings. The lowest BCUT2D eigenvalue weighted by atomic mass is 10.2. The normalized spacial score (nSPS) is 11.8. The highest BCUT2D eigenvalue weighted by Gasteiger charge is 2.31. The van der Waals surface area contributed by atoms with E-state index >= 15 is 0 Å². The van der Waals surface area contributed by atoms with Gasteiger partial charge in [0.05, 0.1) is 16.3 Å². The van der Waals surface area contributed by atoms with E-state index < -0.39 is 17.6 Å². The number of rotatable bonds is 2. The molecular formula is C11H9ClF3NO. The third-order valence-electron chi connectivity index (χ3n) is 1.87. The Kier molecular flexibility index (Phi) is 4.17. The minimum atomic E-state index is -4.47. The fourth-order valence-corrected chi connectivity index (χ4v) is 1.29. The molecule has 1 amide bonds. The van der Waals surface area contributed by atoms with Crippen molar-refractivity contribution in [3.63, 3.8) is 0 Å². The summed E-state index contributed by atoms with van der Waals surface area (Å²) in [5.41, 5.74) is -0.928. The second-order valence-electron chi connectivity index (χ2n) is 3.18. The lowest BCUT2D eigenvalue weighted by Crippen LogP contribution is -2.10. The highest BCUT2D eigenvalue weighted by atomic mass is 35.5. The van der Waals surface area contributed by atoms with E-state index in [-0.39, 0.29) is 10.7 Å². The molecule has 17 heavy (non-hydrogen) atoms. The maximum Gasteiger partial charge on any atom is 0.416 e. The number of halogens is 4. The third-order valence-corrected chi connectivity index (χ3v) is 2.20. The predicted molar refractivity (Wildman–Crippen MR) is 59.9 cm³/mol. The molecule has 0 aliphatic heterocycles. The lowest BCUT2D eigenvalue weighted by molar-refractivity contribution is -0.137. The Morgan fingerprint density at radius 1 is 1.41 bits per heavy atom. The fourth-order valence-electron chi connectivity index (χ4n) is 1.12. The van der Waals surface area contributed by atoms with Crippen molar-refractivity contribution in [2.75, 3.05) is 5.32 Å². The van der Waals surface area contributed by atoms with Crippen molar-refractivity contribution in [3.05, 3.63) is 40.9 Å². The van der Waals surface area contributed by atoms with Gasteiger partial charge in [-0.2, -0.15) is 13.2 Å². The van der Waals surface area contributed by atoms with Crippen molar-refractivity contribution in [1.82, 2.24) is 0 Å². The summed E-state index contributed by atoms with van der Waals surface area (Å²) in [6.07, 6.45) is -1.81. The Bertz CT molecular complexity index is 455. The first-order valence-corrected chi connectivity index (χ1v) is 5.03. The van der Waals surface area contributed by atoms with Gasteiger partial charge in [-0.15, -0.1) is 0 Å². The number of allylic oxidation sites excluding steroid dienone is 1. The summed E-state index contributed by atoms with van der Waals surface area (Å²) in [5.74, 6) is -0.534. The Balaban J connectivity index is 3.03. The van der Waals surface area contributed by atoms with Crippen LogP contribution in [0.5, 0.6) is 0 Å². The molecule has 0 saturated heterocycles. The molecular weight excluding hydrogens is 255 g/mol. The zero-order valence-corrected chi connectivity index (χ0v) is 9.56. The summed E-state index contributed by atoms with van der Waals surface area (Å²) in [6.45, 7) is 1.62. The third kappa shape index (κ3) is 3.78. The summed E-state index contributed by atoms with van der Waals surface area (Å²) in [4.78, 5) is 11.2. The van der Waals surface area contributed by atoms with Crippen LogP contribution in [-0.2, 0) is 11.0 Å². The number of carbonyl (C=O) groups is 1. The first kappa shape index (κ1) is 13.6. The van der Waals surface area contributed by atoms with Gasteiger partial charge >= 0.3 is 6.18 Å². The monoisotopic (exact) mass is 263 g/mol. The molecule has 2 nitrogen and oxygen atoms in total. The van der Waals surface area contributed by atoms with E-state index in [0.29, 0.717) is 0 Å². The molecule has 0 aromatic heterocycles. The molecule has 0 heterocycles. The second-order valence-corrected chi connectivity index (χ2v) is 3.59. The predicted octanol–water partition coefficient (Wildman–Crippen LogP) is 3.87. The van der Waals surface area contributed by atoms with Crippen LogP contribution in [0.1, 0.15) is 12.5 Å². The number of nitrogens with one attached hydrogen (secondary N) is 1. The highest BCUT2D eigenvalue weighted by molar-refractivity contribution is 6.33. The van der Waals surface area contributed by atoms with Crippen LogP contribution in [0.15, 0.2) is 30.4 Å². The van der Waals surface area contributed by atoms with Crippen LogP contribution in [0.3, 0.4) is 0 Å². The van der Waals surface area contributed by atoms with Gasteiger partial charge in [-0.1, -0.05) is 17.7 Å². The van der Waals surface area contributed by atoms with Crippen LogP contribution in [0.4, 0.5) is 18.9 Å². The van der Waals surface area contributed by atoms with Gasteiger partial charge in [0.25, 0.3) is 0 Å².